The lowest BCUT2D eigenvalue weighted by molar-refractivity contribution is 0.0521. The van der Waals surface area contributed by atoms with Crippen molar-refractivity contribution in [3.8, 4) is 11.5 Å². The Labute approximate surface area is 176 Å². The van der Waals surface area contributed by atoms with E-state index in [1.165, 1.54) is 44.9 Å². The first-order chi connectivity index (χ1) is 13.6. The molecule has 0 amide bonds. The van der Waals surface area contributed by atoms with Gasteiger partial charge in [0.05, 0.1) is 0 Å². The Morgan fingerprint density at radius 1 is 1.00 bits per heavy atom. The van der Waals surface area contributed by atoms with Crippen LogP contribution < -0.4 is 9.47 Å². The molecule has 1 unspecified atom stereocenters. The molecule has 0 radical (unpaired) electrons. The smallest absolute Gasteiger partial charge is 0.300 e. The van der Waals surface area contributed by atoms with E-state index in [4.69, 9.17) is 14.0 Å². The SMILES string of the molecule is CCCCCCCCCC1(C)CCc2c(C)c(OCS(=O)(=O)O)c(C)c(C)c2O1. The molecule has 166 valence electrons. The van der Waals surface area contributed by atoms with Crippen LogP contribution in [0.4, 0.5) is 0 Å². The van der Waals surface area contributed by atoms with Crippen molar-refractivity contribution in [3.63, 3.8) is 0 Å². The number of benzene rings is 1. The highest BCUT2D eigenvalue weighted by Crippen LogP contribution is 2.45. The van der Waals surface area contributed by atoms with E-state index in [1.807, 2.05) is 20.8 Å². The van der Waals surface area contributed by atoms with Crippen molar-refractivity contribution in [2.75, 3.05) is 5.94 Å². The molecule has 0 fully saturated rings. The summed E-state index contributed by atoms with van der Waals surface area (Å²) in [6.07, 6.45) is 11.9. The second-order valence-electron chi connectivity index (χ2n) is 8.78. The third-order valence-electron chi connectivity index (χ3n) is 6.22. The summed E-state index contributed by atoms with van der Waals surface area (Å²) in [4.78, 5) is 0. The van der Waals surface area contributed by atoms with E-state index in [2.05, 4.69) is 13.8 Å². The van der Waals surface area contributed by atoms with Crippen molar-refractivity contribution in [2.45, 2.75) is 104 Å². The Kier molecular flexibility index (Phi) is 8.41. The molecule has 1 heterocycles. The summed E-state index contributed by atoms with van der Waals surface area (Å²) < 4.78 is 43.2. The van der Waals surface area contributed by atoms with Gasteiger partial charge in [-0.05, 0) is 70.1 Å². The first-order valence-electron chi connectivity index (χ1n) is 11.0. The Balaban J connectivity index is 2.05. The summed E-state index contributed by atoms with van der Waals surface area (Å²) in [7, 11) is -4.18. The van der Waals surface area contributed by atoms with E-state index in [1.54, 1.807) is 0 Å². The molecule has 0 saturated heterocycles. The first kappa shape index (κ1) is 24.0. The first-order valence-corrected chi connectivity index (χ1v) is 12.6. The van der Waals surface area contributed by atoms with Gasteiger partial charge in [0.2, 0.25) is 5.94 Å². The number of unbranched alkanes of at least 4 members (excludes halogenated alkanes) is 6. The van der Waals surface area contributed by atoms with Gasteiger partial charge in [-0.3, -0.25) is 4.55 Å². The topological polar surface area (TPSA) is 72.8 Å². The molecule has 1 aliphatic rings. The van der Waals surface area contributed by atoms with Crippen LogP contribution in [0.1, 0.15) is 93.9 Å². The largest absolute Gasteiger partial charge is 0.487 e. The van der Waals surface area contributed by atoms with Gasteiger partial charge >= 0.3 is 10.1 Å². The highest BCUT2D eigenvalue weighted by Gasteiger charge is 2.34. The van der Waals surface area contributed by atoms with E-state index >= 15 is 0 Å². The van der Waals surface area contributed by atoms with Gasteiger partial charge in [-0.2, -0.15) is 8.42 Å². The molecule has 0 spiro atoms. The van der Waals surface area contributed by atoms with Crippen LogP contribution in [0, 0.1) is 20.8 Å². The zero-order chi connectivity index (χ0) is 21.7. The van der Waals surface area contributed by atoms with Crippen LogP contribution in [-0.2, 0) is 16.5 Å². The predicted octanol–water partition coefficient (Wildman–Crippen LogP) is 6.06. The number of hydrogen-bond acceptors (Lipinski definition) is 4. The van der Waals surface area contributed by atoms with E-state index < -0.39 is 16.1 Å². The summed E-state index contributed by atoms with van der Waals surface area (Å²) in [5, 5.41) is 0. The molecule has 1 aromatic rings. The van der Waals surface area contributed by atoms with Crippen LogP contribution in [0.2, 0.25) is 0 Å². The van der Waals surface area contributed by atoms with Crippen molar-refractivity contribution >= 4 is 10.1 Å². The molecule has 0 aromatic heterocycles. The van der Waals surface area contributed by atoms with Gasteiger partial charge in [0.1, 0.15) is 17.1 Å². The maximum Gasteiger partial charge on any atom is 0.300 e. The lowest BCUT2D eigenvalue weighted by Gasteiger charge is -2.38. The summed E-state index contributed by atoms with van der Waals surface area (Å²) >= 11 is 0. The third kappa shape index (κ3) is 6.61. The van der Waals surface area contributed by atoms with Gasteiger partial charge < -0.3 is 9.47 Å². The zero-order valence-corrected chi connectivity index (χ0v) is 19.6. The lowest BCUT2D eigenvalue weighted by atomic mass is 9.84. The fourth-order valence-corrected chi connectivity index (χ4v) is 4.53. The lowest BCUT2D eigenvalue weighted by Crippen LogP contribution is -2.37. The molecule has 0 aliphatic carbocycles. The summed E-state index contributed by atoms with van der Waals surface area (Å²) in [5.74, 6) is 0.734. The van der Waals surface area contributed by atoms with Crippen molar-refractivity contribution in [1.29, 1.82) is 0 Å². The van der Waals surface area contributed by atoms with Gasteiger partial charge in [-0.1, -0.05) is 45.4 Å². The second kappa shape index (κ2) is 10.2. The monoisotopic (exact) mass is 426 g/mol. The summed E-state index contributed by atoms with van der Waals surface area (Å²) in [5.41, 5.74) is 3.70. The maximum atomic E-state index is 11.1. The zero-order valence-electron chi connectivity index (χ0n) is 18.8. The van der Waals surface area contributed by atoms with Gasteiger partial charge in [-0.15, -0.1) is 0 Å². The molecule has 1 aromatic carbocycles. The standard InChI is InChI=1S/C23H38O5S/c1-6-7-8-9-10-11-12-14-23(5)15-13-20-19(4)21(27-16-29(24,25)26)17(2)18(3)22(20)28-23/h6-16H2,1-5H3,(H,24,25,26). The minimum atomic E-state index is -4.18. The Morgan fingerprint density at radius 2 is 1.62 bits per heavy atom. The Hall–Kier alpha value is -1.27. The number of rotatable bonds is 11. The molecule has 6 heteroatoms. The van der Waals surface area contributed by atoms with Crippen LogP contribution >= 0.6 is 0 Å². The number of hydrogen-bond donors (Lipinski definition) is 1. The van der Waals surface area contributed by atoms with Crippen LogP contribution in [0.5, 0.6) is 11.5 Å². The van der Waals surface area contributed by atoms with E-state index in [-0.39, 0.29) is 5.60 Å². The normalized spacial score (nSPS) is 19.0. The predicted molar refractivity (Wildman–Crippen MR) is 118 cm³/mol. The molecule has 0 bridgehead atoms. The minimum absolute atomic E-state index is 0.156. The van der Waals surface area contributed by atoms with Gasteiger partial charge in [-0.25, -0.2) is 0 Å². The molecular weight excluding hydrogens is 388 g/mol. The minimum Gasteiger partial charge on any atom is -0.487 e. The highest BCUT2D eigenvalue weighted by atomic mass is 32.2. The van der Waals surface area contributed by atoms with E-state index in [0.717, 1.165) is 47.3 Å². The average molecular weight is 427 g/mol. The fraction of sp³-hybridized carbons (Fsp3) is 0.739. The van der Waals surface area contributed by atoms with E-state index in [9.17, 15) is 8.42 Å². The molecular formula is C23H38O5S. The quantitative estimate of drug-likeness (QED) is 0.344. The summed E-state index contributed by atoms with van der Waals surface area (Å²) in [6, 6.07) is 0. The molecule has 0 saturated carbocycles. The molecule has 1 aliphatic heterocycles. The molecule has 1 N–H and O–H groups in total. The average Bonchev–Trinajstić information content (AvgIpc) is 2.64. The van der Waals surface area contributed by atoms with Crippen LogP contribution in [0.3, 0.4) is 0 Å². The van der Waals surface area contributed by atoms with Crippen LogP contribution in [-0.4, -0.2) is 24.5 Å². The molecule has 1 atom stereocenters. The molecule has 2 rings (SSSR count). The van der Waals surface area contributed by atoms with Gasteiger partial charge in [0, 0.05) is 5.56 Å². The van der Waals surface area contributed by atoms with Crippen LogP contribution in [0.25, 0.3) is 0 Å². The highest BCUT2D eigenvalue weighted by molar-refractivity contribution is 7.85. The fourth-order valence-electron chi connectivity index (χ4n) is 4.26. The molecule has 5 nitrogen and oxygen atoms in total. The third-order valence-corrected chi connectivity index (χ3v) is 6.64. The number of fused-ring (bicyclic) bond motifs is 1. The van der Waals surface area contributed by atoms with Gasteiger partial charge in [0.25, 0.3) is 0 Å². The maximum absolute atomic E-state index is 11.1. The van der Waals surface area contributed by atoms with E-state index in [0.29, 0.717) is 5.75 Å². The van der Waals surface area contributed by atoms with Gasteiger partial charge in [0.15, 0.2) is 0 Å². The van der Waals surface area contributed by atoms with Crippen LogP contribution in [0.15, 0.2) is 0 Å². The summed E-state index contributed by atoms with van der Waals surface area (Å²) in [6.45, 7) is 10.3. The molecule has 29 heavy (non-hydrogen) atoms. The van der Waals surface area contributed by atoms with Crippen molar-refractivity contribution in [2.24, 2.45) is 0 Å². The Bertz CT molecular complexity index is 800. The Morgan fingerprint density at radius 3 is 2.24 bits per heavy atom. The van der Waals surface area contributed by atoms with Crippen molar-refractivity contribution < 1.29 is 22.4 Å². The number of ether oxygens (including phenoxy) is 2. The van der Waals surface area contributed by atoms with Crippen molar-refractivity contribution in [1.82, 2.24) is 0 Å². The van der Waals surface area contributed by atoms with Crippen molar-refractivity contribution in [3.05, 3.63) is 22.3 Å². The second-order valence-corrected chi connectivity index (χ2v) is 10.2.